The van der Waals surface area contributed by atoms with Crippen molar-refractivity contribution < 1.29 is 29.6 Å². The highest BCUT2D eigenvalue weighted by atomic mass is 16.4. The van der Waals surface area contributed by atoms with Crippen molar-refractivity contribution in [3.63, 3.8) is 0 Å². The van der Waals surface area contributed by atoms with E-state index in [1.807, 2.05) is 0 Å². The van der Waals surface area contributed by atoms with Crippen LogP contribution in [-0.2, 0) is 11.4 Å². The molecule has 0 aliphatic heterocycles. The van der Waals surface area contributed by atoms with Crippen molar-refractivity contribution >= 4 is 5.97 Å². The summed E-state index contributed by atoms with van der Waals surface area (Å²) < 4.78 is 4.84. The van der Waals surface area contributed by atoms with E-state index >= 15 is 0 Å². The summed E-state index contributed by atoms with van der Waals surface area (Å²) in [5.74, 6) is -1.44. The molecule has 1 aromatic rings. The highest BCUT2D eigenvalue weighted by molar-refractivity contribution is 5.72. The lowest BCUT2D eigenvalue weighted by Crippen LogP contribution is -2.27. The topological polar surface area (TPSA) is 111 Å². The van der Waals surface area contributed by atoms with Crippen molar-refractivity contribution in [2.45, 2.75) is 18.8 Å². The molecule has 0 amide bonds. The highest BCUT2D eigenvalue weighted by Crippen LogP contribution is 2.19. The average molecular weight is 202 g/mol. The van der Waals surface area contributed by atoms with Gasteiger partial charge >= 0.3 is 5.97 Å². The molecule has 0 spiro atoms. The summed E-state index contributed by atoms with van der Waals surface area (Å²) in [7, 11) is 0. The van der Waals surface area contributed by atoms with Crippen molar-refractivity contribution in [2.75, 3.05) is 0 Å². The fourth-order valence-corrected chi connectivity index (χ4v) is 0.929. The normalized spacial score (nSPS) is 15.1. The maximum Gasteiger partial charge on any atom is 0.335 e. The molecule has 1 rings (SSSR count). The van der Waals surface area contributed by atoms with Gasteiger partial charge < -0.3 is 24.8 Å². The molecule has 6 nitrogen and oxygen atoms in total. The summed E-state index contributed by atoms with van der Waals surface area (Å²) in [5, 5.41) is 35.2. The first-order chi connectivity index (χ1) is 6.56. The second-order valence-electron chi connectivity index (χ2n) is 2.69. The van der Waals surface area contributed by atoms with Crippen LogP contribution in [0, 0.1) is 0 Å². The van der Waals surface area contributed by atoms with Crippen molar-refractivity contribution in [3.8, 4) is 0 Å². The van der Waals surface area contributed by atoms with Crippen LogP contribution in [0.2, 0.25) is 0 Å². The average Bonchev–Trinajstić information content (AvgIpc) is 2.63. The van der Waals surface area contributed by atoms with Gasteiger partial charge in [0.05, 0.1) is 0 Å². The van der Waals surface area contributed by atoms with Gasteiger partial charge in [0.2, 0.25) is 0 Å². The van der Waals surface area contributed by atoms with E-state index in [0.717, 1.165) is 0 Å². The van der Waals surface area contributed by atoms with Crippen molar-refractivity contribution in [1.29, 1.82) is 0 Å². The summed E-state index contributed by atoms with van der Waals surface area (Å²) in [4.78, 5) is 10.3. The monoisotopic (exact) mass is 202 g/mol. The Labute approximate surface area is 79.0 Å². The summed E-state index contributed by atoms with van der Waals surface area (Å²) in [6.07, 6.45) is -3.57. The minimum absolute atomic E-state index is 0.0936. The Hall–Kier alpha value is -1.37. The first-order valence-electron chi connectivity index (χ1n) is 3.84. The van der Waals surface area contributed by atoms with Gasteiger partial charge in [-0.1, -0.05) is 0 Å². The molecule has 78 valence electrons. The molecule has 14 heavy (non-hydrogen) atoms. The SMILES string of the molecule is O=C(O)C(O)C(O)c1ccc(CO)o1. The van der Waals surface area contributed by atoms with Crippen LogP contribution in [-0.4, -0.2) is 32.5 Å². The lowest BCUT2D eigenvalue weighted by Gasteiger charge is -2.10. The standard InChI is InChI=1S/C8H10O6/c9-3-4-1-2-5(14-4)6(10)7(11)8(12)13/h1-2,6-7,9-11H,3H2,(H,12,13). The number of aliphatic hydroxyl groups excluding tert-OH is 3. The molecule has 6 heteroatoms. The third-order valence-electron chi connectivity index (χ3n) is 1.68. The Morgan fingerprint density at radius 1 is 1.43 bits per heavy atom. The smallest absolute Gasteiger partial charge is 0.335 e. The van der Waals surface area contributed by atoms with Crippen LogP contribution in [0.4, 0.5) is 0 Å². The summed E-state index contributed by atoms with van der Waals surface area (Å²) in [5.41, 5.74) is 0. The fourth-order valence-electron chi connectivity index (χ4n) is 0.929. The molecule has 0 aliphatic rings. The van der Waals surface area contributed by atoms with Gasteiger partial charge in [0.1, 0.15) is 24.2 Å². The maximum absolute atomic E-state index is 10.3. The van der Waals surface area contributed by atoms with Crippen LogP contribution in [0.5, 0.6) is 0 Å². The molecular formula is C8H10O6. The van der Waals surface area contributed by atoms with Crippen molar-refractivity contribution in [1.82, 2.24) is 0 Å². The van der Waals surface area contributed by atoms with Gasteiger partial charge in [0, 0.05) is 0 Å². The zero-order valence-corrected chi connectivity index (χ0v) is 7.12. The first kappa shape index (κ1) is 10.7. The van der Waals surface area contributed by atoms with E-state index in [4.69, 9.17) is 19.7 Å². The summed E-state index contributed by atoms with van der Waals surface area (Å²) >= 11 is 0. The molecule has 2 unspecified atom stereocenters. The lowest BCUT2D eigenvalue weighted by atomic mass is 10.1. The number of carbonyl (C=O) groups is 1. The highest BCUT2D eigenvalue weighted by Gasteiger charge is 2.27. The second kappa shape index (κ2) is 4.23. The number of furan rings is 1. The first-order valence-corrected chi connectivity index (χ1v) is 3.84. The predicted octanol–water partition coefficient (Wildman–Crippen LogP) is -0.749. The van der Waals surface area contributed by atoms with E-state index in [0.29, 0.717) is 0 Å². The molecule has 0 fully saturated rings. The number of hydrogen-bond donors (Lipinski definition) is 4. The van der Waals surface area contributed by atoms with Crippen molar-refractivity contribution in [2.24, 2.45) is 0 Å². The quantitative estimate of drug-likeness (QED) is 0.511. The van der Waals surface area contributed by atoms with Gasteiger partial charge in [-0.2, -0.15) is 0 Å². The Balaban J connectivity index is 2.78. The number of hydrogen-bond acceptors (Lipinski definition) is 5. The van der Waals surface area contributed by atoms with Gasteiger partial charge in [-0.05, 0) is 12.1 Å². The third-order valence-corrected chi connectivity index (χ3v) is 1.68. The maximum atomic E-state index is 10.3. The zero-order chi connectivity index (χ0) is 10.7. The van der Waals surface area contributed by atoms with E-state index in [9.17, 15) is 9.90 Å². The number of rotatable bonds is 4. The molecule has 0 bridgehead atoms. The Kier molecular flexibility index (Phi) is 3.23. The largest absolute Gasteiger partial charge is 0.479 e. The lowest BCUT2D eigenvalue weighted by molar-refractivity contribution is -0.153. The van der Waals surface area contributed by atoms with Gasteiger partial charge in [0.15, 0.2) is 6.10 Å². The number of carboxylic acid groups (broad SMARTS) is 1. The summed E-state index contributed by atoms with van der Waals surface area (Å²) in [6, 6.07) is 2.68. The molecule has 0 saturated carbocycles. The molecule has 4 N–H and O–H groups in total. The molecular weight excluding hydrogens is 192 g/mol. The van der Waals surface area contributed by atoms with E-state index in [1.54, 1.807) is 0 Å². The molecule has 1 aromatic heterocycles. The minimum Gasteiger partial charge on any atom is -0.479 e. The number of aliphatic hydroxyl groups is 3. The molecule has 2 atom stereocenters. The van der Waals surface area contributed by atoms with Crippen LogP contribution in [0.25, 0.3) is 0 Å². The Bertz CT molecular complexity index is 317. The van der Waals surface area contributed by atoms with Gasteiger partial charge in [-0.25, -0.2) is 4.79 Å². The van der Waals surface area contributed by atoms with E-state index in [-0.39, 0.29) is 18.1 Å². The Morgan fingerprint density at radius 3 is 2.50 bits per heavy atom. The second-order valence-corrected chi connectivity index (χ2v) is 2.69. The fraction of sp³-hybridized carbons (Fsp3) is 0.375. The van der Waals surface area contributed by atoms with E-state index in [2.05, 4.69) is 0 Å². The number of aliphatic carboxylic acids is 1. The van der Waals surface area contributed by atoms with Crippen LogP contribution in [0.15, 0.2) is 16.5 Å². The predicted molar refractivity (Wildman–Crippen MR) is 43.2 cm³/mol. The minimum atomic E-state index is -1.94. The molecule has 1 heterocycles. The van der Waals surface area contributed by atoms with E-state index < -0.39 is 18.2 Å². The molecule has 0 radical (unpaired) electrons. The van der Waals surface area contributed by atoms with Gasteiger partial charge in [-0.3, -0.25) is 0 Å². The summed E-state index contributed by atoms with van der Waals surface area (Å²) in [6.45, 7) is -0.351. The van der Waals surface area contributed by atoms with Crippen LogP contribution >= 0.6 is 0 Å². The Morgan fingerprint density at radius 2 is 2.07 bits per heavy atom. The van der Waals surface area contributed by atoms with Gasteiger partial charge in [0.25, 0.3) is 0 Å². The van der Waals surface area contributed by atoms with Crippen molar-refractivity contribution in [3.05, 3.63) is 23.7 Å². The van der Waals surface area contributed by atoms with Crippen LogP contribution < -0.4 is 0 Å². The van der Waals surface area contributed by atoms with Crippen LogP contribution in [0.1, 0.15) is 17.6 Å². The zero-order valence-electron chi connectivity index (χ0n) is 7.12. The molecule has 0 aromatic carbocycles. The van der Waals surface area contributed by atoms with Gasteiger partial charge in [-0.15, -0.1) is 0 Å². The molecule has 0 aliphatic carbocycles. The molecule has 0 saturated heterocycles. The number of carboxylic acids is 1. The third kappa shape index (κ3) is 2.11. The van der Waals surface area contributed by atoms with Crippen LogP contribution in [0.3, 0.4) is 0 Å². The van der Waals surface area contributed by atoms with E-state index in [1.165, 1.54) is 12.1 Å².